The van der Waals surface area contributed by atoms with Gasteiger partial charge in [0.1, 0.15) is 5.58 Å². The van der Waals surface area contributed by atoms with Crippen molar-refractivity contribution in [2.45, 2.75) is 13.8 Å². The van der Waals surface area contributed by atoms with Gasteiger partial charge < -0.3 is 19.4 Å². The molecule has 17 heavy (non-hydrogen) atoms. The topological polar surface area (TPSA) is 79.9 Å². The second kappa shape index (κ2) is 4.01. The summed E-state index contributed by atoms with van der Waals surface area (Å²) >= 11 is 0. The van der Waals surface area contributed by atoms with E-state index in [1.807, 2.05) is 0 Å². The molecule has 2 N–H and O–H groups in total. The molecule has 0 amide bonds. The molecular weight excluding hydrogens is 224 g/mol. The first kappa shape index (κ1) is 11.3. The Bertz CT molecular complexity index is 627. The molecule has 1 heterocycles. The molecular formula is C12H12O5. The lowest BCUT2D eigenvalue weighted by atomic mass is 10.1. The normalized spacial score (nSPS) is 10.7. The van der Waals surface area contributed by atoms with Crippen molar-refractivity contribution in [3.63, 3.8) is 0 Å². The SMILES string of the molecule is CCOc1c(C)c2cc(O)c(O)cc2oc1=O. The standard InChI is InChI=1S/C12H12O5/c1-3-16-11-6(2)7-4-8(13)9(14)5-10(7)17-12(11)15/h4-5,13-14H,3H2,1-2H3. The third-order valence-electron chi connectivity index (χ3n) is 2.50. The van der Waals surface area contributed by atoms with E-state index < -0.39 is 5.63 Å². The molecule has 0 atom stereocenters. The lowest BCUT2D eigenvalue weighted by Gasteiger charge is -2.08. The number of hydrogen-bond donors (Lipinski definition) is 2. The van der Waals surface area contributed by atoms with Crippen LogP contribution in [0.4, 0.5) is 0 Å². The molecule has 0 bridgehead atoms. The summed E-state index contributed by atoms with van der Waals surface area (Å²) in [4.78, 5) is 11.6. The number of aryl methyl sites for hydroxylation is 1. The maximum Gasteiger partial charge on any atom is 0.379 e. The predicted molar refractivity (Wildman–Crippen MR) is 61.7 cm³/mol. The average molecular weight is 236 g/mol. The molecule has 1 aromatic heterocycles. The third kappa shape index (κ3) is 1.80. The van der Waals surface area contributed by atoms with Crippen LogP contribution < -0.4 is 10.4 Å². The molecule has 5 nitrogen and oxygen atoms in total. The van der Waals surface area contributed by atoms with E-state index in [-0.39, 0.29) is 22.8 Å². The smallest absolute Gasteiger partial charge is 0.379 e. The molecule has 90 valence electrons. The fourth-order valence-corrected chi connectivity index (χ4v) is 1.67. The largest absolute Gasteiger partial charge is 0.504 e. The average Bonchev–Trinajstić information content (AvgIpc) is 2.28. The molecule has 0 saturated heterocycles. The van der Waals surface area contributed by atoms with Crippen LogP contribution in [0.1, 0.15) is 12.5 Å². The summed E-state index contributed by atoms with van der Waals surface area (Å²) in [5.41, 5.74) is 0.196. The van der Waals surface area contributed by atoms with Crippen LogP contribution in [-0.4, -0.2) is 16.8 Å². The Kier molecular flexibility index (Phi) is 2.67. The van der Waals surface area contributed by atoms with Gasteiger partial charge >= 0.3 is 5.63 Å². The van der Waals surface area contributed by atoms with E-state index >= 15 is 0 Å². The van der Waals surface area contributed by atoms with Gasteiger partial charge in [-0.2, -0.15) is 0 Å². The second-order valence-corrected chi connectivity index (χ2v) is 3.61. The van der Waals surface area contributed by atoms with E-state index in [0.717, 1.165) is 0 Å². The van der Waals surface area contributed by atoms with E-state index in [0.29, 0.717) is 17.6 Å². The Morgan fingerprint density at radius 1 is 1.29 bits per heavy atom. The minimum absolute atomic E-state index is 0.130. The van der Waals surface area contributed by atoms with Crippen LogP contribution in [-0.2, 0) is 0 Å². The maximum absolute atomic E-state index is 11.6. The summed E-state index contributed by atoms with van der Waals surface area (Å²) in [6.45, 7) is 3.80. The molecule has 2 aromatic rings. The van der Waals surface area contributed by atoms with Crippen LogP contribution in [0.25, 0.3) is 11.0 Å². The summed E-state index contributed by atoms with van der Waals surface area (Å²) in [7, 11) is 0. The highest BCUT2D eigenvalue weighted by atomic mass is 16.5. The minimum atomic E-state index is -0.595. The van der Waals surface area contributed by atoms with Gasteiger partial charge in [-0.25, -0.2) is 4.79 Å². The van der Waals surface area contributed by atoms with Crippen LogP contribution in [0.2, 0.25) is 0 Å². The van der Waals surface area contributed by atoms with E-state index in [1.165, 1.54) is 12.1 Å². The first-order chi connectivity index (χ1) is 8.04. The number of phenolic OH excluding ortho intramolecular Hbond substituents is 2. The van der Waals surface area contributed by atoms with Crippen LogP contribution in [0.5, 0.6) is 17.2 Å². The molecule has 2 rings (SSSR count). The van der Waals surface area contributed by atoms with Gasteiger partial charge in [0.2, 0.25) is 5.75 Å². The van der Waals surface area contributed by atoms with Crippen LogP contribution >= 0.6 is 0 Å². The highest BCUT2D eigenvalue weighted by Crippen LogP contribution is 2.33. The van der Waals surface area contributed by atoms with E-state index in [9.17, 15) is 15.0 Å². The number of phenols is 2. The summed E-state index contributed by atoms with van der Waals surface area (Å²) < 4.78 is 10.2. The lowest BCUT2D eigenvalue weighted by Crippen LogP contribution is -2.08. The van der Waals surface area contributed by atoms with Gasteiger partial charge in [-0.3, -0.25) is 0 Å². The van der Waals surface area contributed by atoms with Gasteiger partial charge in [-0.15, -0.1) is 0 Å². The van der Waals surface area contributed by atoms with E-state index in [4.69, 9.17) is 9.15 Å². The first-order valence-corrected chi connectivity index (χ1v) is 5.16. The Balaban J connectivity index is 2.82. The molecule has 0 unspecified atom stereocenters. The van der Waals surface area contributed by atoms with Gasteiger partial charge in [0.05, 0.1) is 6.61 Å². The summed E-state index contributed by atoms with van der Waals surface area (Å²) in [6, 6.07) is 2.54. The zero-order valence-corrected chi connectivity index (χ0v) is 9.48. The molecule has 5 heteroatoms. The Labute approximate surface area is 96.9 Å². The Morgan fingerprint density at radius 3 is 2.59 bits per heavy atom. The van der Waals surface area contributed by atoms with Crippen LogP contribution in [0, 0.1) is 6.92 Å². The fraction of sp³-hybridized carbons (Fsp3) is 0.250. The zero-order valence-electron chi connectivity index (χ0n) is 9.48. The van der Waals surface area contributed by atoms with Gasteiger partial charge in [-0.1, -0.05) is 0 Å². The Hall–Kier alpha value is -2.17. The number of fused-ring (bicyclic) bond motifs is 1. The highest BCUT2D eigenvalue weighted by molar-refractivity contribution is 5.85. The number of hydrogen-bond acceptors (Lipinski definition) is 5. The van der Waals surface area contributed by atoms with Crippen molar-refractivity contribution in [2.24, 2.45) is 0 Å². The lowest BCUT2D eigenvalue weighted by molar-refractivity contribution is 0.319. The van der Waals surface area contributed by atoms with E-state index in [2.05, 4.69) is 0 Å². The number of rotatable bonds is 2. The fourth-order valence-electron chi connectivity index (χ4n) is 1.67. The Morgan fingerprint density at radius 2 is 1.94 bits per heavy atom. The molecule has 0 aliphatic heterocycles. The zero-order chi connectivity index (χ0) is 12.6. The summed E-state index contributed by atoms with van der Waals surface area (Å²) in [5.74, 6) is -0.466. The van der Waals surface area contributed by atoms with Gasteiger partial charge in [0.15, 0.2) is 11.5 Å². The minimum Gasteiger partial charge on any atom is -0.504 e. The van der Waals surface area contributed by atoms with Crippen molar-refractivity contribution in [2.75, 3.05) is 6.61 Å². The van der Waals surface area contributed by atoms with Gasteiger partial charge in [-0.05, 0) is 19.9 Å². The quantitative estimate of drug-likeness (QED) is 0.615. The van der Waals surface area contributed by atoms with Crippen molar-refractivity contribution >= 4 is 11.0 Å². The van der Waals surface area contributed by atoms with Crippen LogP contribution in [0.3, 0.4) is 0 Å². The van der Waals surface area contributed by atoms with Crippen molar-refractivity contribution in [1.29, 1.82) is 0 Å². The third-order valence-corrected chi connectivity index (χ3v) is 2.50. The van der Waals surface area contributed by atoms with Crippen molar-refractivity contribution in [1.82, 2.24) is 0 Å². The molecule has 0 spiro atoms. The van der Waals surface area contributed by atoms with Gasteiger partial charge in [0, 0.05) is 17.0 Å². The monoisotopic (exact) mass is 236 g/mol. The summed E-state index contributed by atoms with van der Waals surface area (Å²) in [6.07, 6.45) is 0. The van der Waals surface area contributed by atoms with Crippen LogP contribution in [0.15, 0.2) is 21.3 Å². The maximum atomic E-state index is 11.6. The predicted octanol–water partition coefficient (Wildman–Crippen LogP) is 1.91. The van der Waals surface area contributed by atoms with Gasteiger partial charge in [0.25, 0.3) is 0 Å². The van der Waals surface area contributed by atoms with Crippen molar-refractivity contribution in [3.05, 3.63) is 28.1 Å². The number of ether oxygens (including phenoxy) is 1. The van der Waals surface area contributed by atoms with Crippen molar-refractivity contribution in [3.8, 4) is 17.2 Å². The molecule has 0 aliphatic rings. The second-order valence-electron chi connectivity index (χ2n) is 3.61. The number of benzene rings is 1. The van der Waals surface area contributed by atoms with Crippen molar-refractivity contribution < 1.29 is 19.4 Å². The molecule has 1 aromatic carbocycles. The first-order valence-electron chi connectivity index (χ1n) is 5.16. The molecule has 0 radical (unpaired) electrons. The highest BCUT2D eigenvalue weighted by Gasteiger charge is 2.14. The molecule has 0 fully saturated rings. The number of aromatic hydroxyl groups is 2. The van der Waals surface area contributed by atoms with E-state index in [1.54, 1.807) is 13.8 Å². The molecule has 0 aliphatic carbocycles. The summed E-state index contributed by atoms with van der Waals surface area (Å²) in [5, 5.41) is 19.3. The molecule has 0 saturated carbocycles.